The van der Waals surface area contributed by atoms with Crippen LogP contribution in [0.4, 0.5) is 0 Å². The van der Waals surface area contributed by atoms with Crippen LogP contribution in [0, 0.1) is 5.92 Å². The van der Waals surface area contributed by atoms with Crippen LogP contribution in [0.25, 0.3) is 0 Å². The summed E-state index contributed by atoms with van der Waals surface area (Å²) in [5.41, 5.74) is 0. The molecular weight excluding hydrogens is 204 g/mol. The van der Waals surface area contributed by atoms with Crippen molar-refractivity contribution in [2.75, 3.05) is 6.61 Å². The first-order valence-electron chi connectivity index (χ1n) is 4.94. The van der Waals surface area contributed by atoms with Crippen LogP contribution in [0.3, 0.4) is 0 Å². The Labute approximate surface area is 88.8 Å². The standard InChI is InChI=1S/C10H15ClO3/c1-2-14-9(13)10(11)5-3-8(7-12)4-6-10/h7-8H,2-6H2,1H3. The molecule has 0 unspecified atom stereocenters. The first kappa shape index (κ1) is 11.5. The Bertz CT molecular complexity index is 219. The zero-order valence-corrected chi connectivity index (χ0v) is 9.05. The molecule has 0 radical (unpaired) electrons. The lowest BCUT2D eigenvalue weighted by atomic mass is 9.82. The molecule has 0 aromatic rings. The van der Waals surface area contributed by atoms with E-state index >= 15 is 0 Å². The van der Waals surface area contributed by atoms with E-state index in [0.29, 0.717) is 32.3 Å². The maximum atomic E-state index is 11.5. The van der Waals surface area contributed by atoms with Crippen molar-refractivity contribution in [3.63, 3.8) is 0 Å². The fourth-order valence-corrected chi connectivity index (χ4v) is 1.97. The van der Waals surface area contributed by atoms with Crippen molar-refractivity contribution in [3.8, 4) is 0 Å². The summed E-state index contributed by atoms with van der Waals surface area (Å²) in [7, 11) is 0. The summed E-state index contributed by atoms with van der Waals surface area (Å²) in [5, 5.41) is 0. The van der Waals surface area contributed by atoms with Gasteiger partial charge in [0.25, 0.3) is 0 Å². The zero-order valence-electron chi connectivity index (χ0n) is 8.29. The Morgan fingerprint density at radius 3 is 2.57 bits per heavy atom. The Morgan fingerprint density at radius 1 is 1.57 bits per heavy atom. The van der Waals surface area contributed by atoms with Gasteiger partial charge in [-0.25, -0.2) is 0 Å². The van der Waals surface area contributed by atoms with E-state index in [4.69, 9.17) is 16.3 Å². The average Bonchev–Trinajstić information content (AvgIpc) is 2.19. The number of esters is 1. The molecule has 1 saturated carbocycles. The first-order chi connectivity index (χ1) is 6.62. The highest BCUT2D eigenvalue weighted by Gasteiger charge is 2.41. The van der Waals surface area contributed by atoms with Gasteiger partial charge < -0.3 is 9.53 Å². The molecule has 1 aliphatic rings. The first-order valence-corrected chi connectivity index (χ1v) is 5.31. The Kier molecular flexibility index (Phi) is 3.93. The van der Waals surface area contributed by atoms with Crippen molar-refractivity contribution in [1.82, 2.24) is 0 Å². The molecule has 0 spiro atoms. The molecule has 0 saturated heterocycles. The van der Waals surface area contributed by atoms with E-state index in [1.807, 2.05) is 0 Å². The number of aldehydes is 1. The van der Waals surface area contributed by atoms with Crippen LogP contribution in [-0.4, -0.2) is 23.7 Å². The maximum absolute atomic E-state index is 11.5. The summed E-state index contributed by atoms with van der Waals surface area (Å²) < 4.78 is 4.89. The third kappa shape index (κ3) is 2.47. The summed E-state index contributed by atoms with van der Waals surface area (Å²) in [4.78, 5) is 21.1. The highest BCUT2D eigenvalue weighted by molar-refractivity contribution is 6.34. The number of ether oxygens (including phenoxy) is 1. The number of alkyl halides is 1. The molecule has 1 rings (SSSR count). The van der Waals surface area contributed by atoms with E-state index in [0.717, 1.165) is 6.29 Å². The second-order valence-electron chi connectivity index (χ2n) is 3.66. The van der Waals surface area contributed by atoms with Crippen molar-refractivity contribution in [3.05, 3.63) is 0 Å². The lowest BCUT2D eigenvalue weighted by Crippen LogP contribution is -2.38. The lowest BCUT2D eigenvalue weighted by molar-refractivity contribution is -0.147. The number of hydrogen-bond acceptors (Lipinski definition) is 3. The van der Waals surface area contributed by atoms with Gasteiger partial charge in [-0.1, -0.05) is 0 Å². The van der Waals surface area contributed by atoms with Crippen molar-refractivity contribution in [1.29, 1.82) is 0 Å². The molecule has 0 amide bonds. The molecule has 14 heavy (non-hydrogen) atoms. The second kappa shape index (κ2) is 4.78. The van der Waals surface area contributed by atoms with E-state index in [-0.39, 0.29) is 11.9 Å². The van der Waals surface area contributed by atoms with Gasteiger partial charge in [0, 0.05) is 5.92 Å². The smallest absolute Gasteiger partial charge is 0.327 e. The van der Waals surface area contributed by atoms with E-state index in [2.05, 4.69) is 0 Å². The topological polar surface area (TPSA) is 43.4 Å². The largest absolute Gasteiger partial charge is 0.465 e. The minimum Gasteiger partial charge on any atom is -0.465 e. The number of halogens is 1. The molecule has 0 aliphatic heterocycles. The van der Waals surface area contributed by atoms with Gasteiger partial charge in [-0.2, -0.15) is 0 Å². The average molecular weight is 219 g/mol. The minimum atomic E-state index is -0.879. The molecule has 0 heterocycles. The van der Waals surface area contributed by atoms with Gasteiger partial charge in [0.2, 0.25) is 0 Å². The number of carbonyl (C=O) groups is 2. The van der Waals surface area contributed by atoms with Crippen molar-refractivity contribution in [2.24, 2.45) is 5.92 Å². The van der Waals surface area contributed by atoms with Crippen LogP contribution in [0.15, 0.2) is 0 Å². The van der Waals surface area contributed by atoms with Crippen molar-refractivity contribution in [2.45, 2.75) is 37.5 Å². The van der Waals surface area contributed by atoms with Crippen LogP contribution in [-0.2, 0) is 14.3 Å². The van der Waals surface area contributed by atoms with Gasteiger partial charge in [-0.3, -0.25) is 4.79 Å². The monoisotopic (exact) mass is 218 g/mol. The normalized spacial score (nSPS) is 32.3. The molecule has 4 heteroatoms. The summed E-state index contributed by atoms with van der Waals surface area (Å²) >= 11 is 6.14. The predicted molar refractivity (Wildman–Crippen MR) is 53.2 cm³/mol. The highest BCUT2D eigenvalue weighted by atomic mass is 35.5. The van der Waals surface area contributed by atoms with Crippen LogP contribution in [0.1, 0.15) is 32.6 Å². The Balaban J connectivity index is 2.52. The number of rotatable bonds is 3. The summed E-state index contributed by atoms with van der Waals surface area (Å²) in [6.45, 7) is 2.11. The summed E-state index contributed by atoms with van der Waals surface area (Å²) in [5.74, 6) is -0.276. The van der Waals surface area contributed by atoms with E-state index < -0.39 is 4.87 Å². The van der Waals surface area contributed by atoms with Gasteiger partial charge >= 0.3 is 5.97 Å². The predicted octanol–water partition coefficient (Wildman–Crippen LogP) is 1.92. The highest BCUT2D eigenvalue weighted by Crippen LogP contribution is 2.37. The molecule has 0 N–H and O–H groups in total. The van der Waals surface area contributed by atoms with Gasteiger partial charge in [-0.05, 0) is 32.6 Å². The zero-order chi connectivity index (χ0) is 10.6. The van der Waals surface area contributed by atoms with Gasteiger partial charge in [0.15, 0.2) is 0 Å². The van der Waals surface area contributed by atoms with E-state index in [1.54, 1.807) is 6.92 Å². The fraction of sp³-hybridized carbons (Fsp3) is 0.800. The van der Waals surface area contributed by atoms with E-state index in [9.17, 15) is 9.59 Å². The van der Waals surface area contributed by atoms with Gasteiger partial charge in [0.05, 0.1) is 6.61 Å². The van der Waals surface area contributed by atoms with E-state index in [1.165, 1.54) is 0 Å². The molecule has 80 valence electrons. The second-order valence-corrected chi connectivity index (χ2v) is 4.38. The third-order valence-corrected chi connectivity index (χ3v) is 3.19. The van der Waals surface area contributed by atoms with Crippen LogP contribution < -0.4 is 0 Å². The summed E-state index contributed by atoms with van der Waals surface area (Å²) in [6.07, 6.45) is 3.40. The van der Waals surface area contributed by atoms with Crippen LogP contribution in [0.2, 0.25) is 0 Å². The quantitative estimate of drug-likeness (QED) is 0.413. The maximum Gasteiger partial charge on any atom is 0.327 e. The van der Waals surface area contributed by atoms with Gasteiger partial charge in [-0.15, -0.1) is 11.6 Å². The third-order valence-electron chi connectivity index (χ3n) is 2.66. The molecule has 0 aromatic heterocycles. The molecule has 0 bridgehead atoms. The molecule has 1 fully saturated rings. The Hall–Kier alpha value is -0.570. The number of hydrogen-bond donors (Lipinski definition) is 0. The molecule has 0 atom stereocenters. The minimum absolute atomic E-state index is 0.0660. The Morgan fingerprint density at radius 2 is 2.14 bits per heavy atom. The van der Waals surface area contributed by atoms with Crippen molar-refractivity contribution < 1.29 is 14.3 Å². The van der Waals surface area contributed by atoms with Gasteiger partial charge in [0.1, 0.15) is 11.2 Å². The summed E-state index contributed by atoms with van der Waals surface area (Å²) in [6, 6.07) is 0. The van der Waals surface area contributed by atoms with Crippen molar-refractivity contribution >= 4 is 23.9 Å². The molecule has 1 aliphatic carbocycles. The molecular formula is C10H15ClO3. The molecule has 0 aromatic carbocycles. The lowest BCUT2D eigenvalue weighted by Gasteiger charge is -2.31. The van der Waals surface area contributed by atoms with Crippen LogP contribution >= 0.6 is 11.6 Å². The fourth-order valence-electron chi connectivity index (χ4n) is 1.70. The number of carbonyl (C=O) groups excluding carboxylic acids is 2. The molecule has 3 nitrogen and oxygen atoms in total. The SMILES string of the molecule is CCOC(=O)C1(Cl)CCC(C=O)CC1. The van der Waals surface area contributed by atoms with Crippen LogP contribution in [0.5, 0.6) is 0 Å².